The topological polar surface area (TPSA) is 112 Å². The van der Waals surface area contributed by atoms with Gasteiger partial charge in [0, 0.05) is 17.2 Å². The molecule has 7 nitrogen and oxygen atoms in total. The highest BCUT2D eigenvalue weighted by atomic mass is 16.5. The number of rotatable bonds is 2. The molecule has 3 N–H and O–H groups in total. The third-order valence-corrected chi connectivity index (χ3v) is 2.97. The lowest BCUT2D eigenvalue weighted by atomic mass is 9.85. The molecule has 2 aromatic rings. The second-order valence-corrected chi connectivity index (χ2v) is 3.92. The number of aromatic nitrogens is 3. The number of nitrogens with zero attached hydrogens (tertiary/aromatic N) is 2. The van der Waals surface area contributed by atoms with Crippen LogP contribution < -0.4 is 0 Å². The van der Waals surface area contributed by atoms with E-state index in [0.717, 1.165) is 5.69 Å². The molecule has 0 aliphatic heterocycles. The molecule has 88 valence electrons. The molecular weight excluding hydrogens is 226 g/mol. The van der Waals surface area contributed by atoms with Crippen LogP contribution in [0.15, 0.2) is 10.7 Å². The highest BCUT2D eigenvalue weighted by Crippen LogP contribution is 2.40. The summed E-state index contributed by atoms with van der Waals surface area (Å²) in [5, 5.41) is 28.6. The van der Waals surface area contributed by atoms with Crippen LogP contribution in [-0.2, 0) is 6.42 Å². The molecule has 1 unspecified atom stereocenters. The number of nitrogens with one attached hydrogen (secondary N) is 1. The zero-order valence-corrected chi connectivity index (χ0v) is 8.67. The fourth-order valence-electron chi connectivity index (χ4n) is 2.19. The number of aliphatic hydroxyl groups excluding tert-OH is 1. The fourth-order valence-corrected chi connectivity index (χ4v) is 2.19. The van der Waals surface area contributed by atoms with E-state index in [-0.39, 0.29) is 18.2 Å². The van der Waals surface area contributed by atoms with Crippen LogP contribution in [0.25, 0.3) is 11.3 Å². The molecule has 7 heteroatoms. The van der Waals surface area contributed by atoms with Gasteiger partial charge in [-0.3, -0.25) is 5.10 Å². The summed E-state index contributed by atoms with van der Waals surface area (Å²) in [6, 6.07) is 0. The van der Waals surface area contributed by atoms with Crippen molar-refractivity contribution in [2.45, 2.75) is 12.3 Å². The minimum Gasteiger partial charge on any atom is -0.476 e. The second kappa shape index (κ2) is 3.42. The van der Waals surface area contributed by atoms with Crippen molar-refractivity contribution in [3.63, 3.8) is 0 Å². The first kappa shape index (κ1) is 10.0. The summed E-state index contributed by atoms with van der Waals surface area (Å²) in [5.74, 6) is -1.09. The highest BCUT2D eigenvalue weighted by molar-refractivity contribution is 5.90. The normalized spacial score (nSPS) is 17.6. The van der Waals surface area contributed by atoms with Crippen molar-refractivity contribution in [3.05, 3.63) is 23.1 Å². The first-order valence-corrected chi connectivity index (χ1v) is 5.08. The van der Waals surface area contributed by atoms with Gasteiger partial charge in [-0.1, -0.05) is 5.16 Å². The van der Waals surface area contributed by atoms with Crippen molar-refractivity contribution in [1.29, 1.82) is 0 Å². The highest BCUT2D eigenvalue weighted by Gasteiger charge is 2.34. The van der Waals surface area contributed by atoms with E-state index in [9.17, 15) is 9.90 Å². The lowest BCUT2D eigenvalue weighted by Crippen LogP contribution is -2.16. The van der Waals surface area contributed by atoms with E-state index in [4.69, 9.17) is 9.63 Å². The molecule has 2 heterocycles. The van der Waals surface area contributed by atoms with Crippen LogP contribution in [0.5, 0.6) is 0 Å². The van der Waals surface area contributed by atoms with Gasteiger partial charge in [-0.15, -0.1) is 0 Å². The van der Waals surface area contributed by atoms with Crippen molar-refractivity contribution in [2.24, 2.45) is 0 Å². The van der Waals surface area contributed by atoms with E-state index in [1.807, 2.05) is 0 Å². The third kappa shape index (κ3) is 1.29. The van der Waals surface area contributed by atoms with Crippen molar-refractivity contribution < 1.29 is 19.5 Å². The third-order valence-electron chi connectivity index (χ3n) is 2.97. The Hall–Kier alpha value is -2.15. The van der Waals surface area contributed by atoms with Gasteiger partial charge in [0.05, 0.1) is 18.4 Å². The summed E-state index contributed by atoms with van der Waals surface area (Å²) in [5.41, 5.74) is 1.86. The number of hydrogen-bond acceptors (Lipinski definition) is 5. The summed E-state index contributed by atoms with van der Waals surface area (Å²) in [6.45, 7) is -0.160. The van der Waals surface area contributed by atoms with Gasteiger partial charge in [-0.05, 0) is 6.42 Å². The van der Waals surface area contributed by atoms with Crippen molar-refractivity contribution in [2.75, 3.05) is 6.61 Å². The van der Waals surface area contributed by atoms with Crippen LogP contribution in [-0.4, -0.2) is 38.1 Å². The van der Waals surface area contributed by atoms with Gasteiger partial charge < -0.3 is 14.7 Å². The van der Waals surface area contributed by atoms with Gasteiger partial charge in [-0.25, -0.2) is 4.79 Å². The first-order valence-electron chi connectivity index (χ1n) is 5.08. The Kier molecular flexibility index (Phi) is 2.02. The predicted octanol–water partition coefficient (Wildman–Crippen LogP) is 0.395. The van der Waals surface area contributed by atoms with Gasteiger partial charge in [0.2, 0.25) is 0 Å². The average Bonchev–Trinajstić information content (AvgIpc) is 2.93. The van der Waals surface area contributed by atoms with Gasteiger partial charge in [0.15, 0.2) is 11.5 Å². The number of hydrogen-bond donors (Lipinski definition) is 3. The van der Waals surface area contributed by atoms with E-state index >= 15 is 0 Å². The monoisotopic (exact) mass is 235 g/mol. The minimum absolute atomic E-state index is 0.133. The predicted molar refractivity (Wildman–Crippen MR) is 54.6 cm³/mol. The quantitative estimate of drug-likeness (QED) is 0.694. The van der Waals surface area contributed by atoms with Gasteiger partial charge in [-0.2, -0.15) is 5.10 Å². The molecule has 0 fully saturated rings. The van der Waals surface area contributed by atoms with Crippen LogP contribution >= 0.6 is 0 Å². The number of aliphatic hydroxyl groups is 1. The van der Waals surface area contributed by atoms with Crippen LogP contribution in [0.4, 0.5) is 0 Å². The van der Waals surface area contributed by atoms with Crippen molar-refractivity contribution in [1.82, 2.24) is 15.4 Å². The Balaban J connectivity index is 2.24. The number of aromatic amines is 1. The number of fused-ring (bicyclic) bond motifs is 3. The minimum atomic E-state index is -1.15. The summed E-state index contributed by atoms with van der Waals surface area (Å²) in [7, 11) is 0. The van der Waals surface area contributed by atoms with Gasteiger partial charge in [0.25, 0.3) is 0 Å². The molecule has 0 bridgehead atoms. The molecule has 0 radical (unpaired) electrons. The van der Waals surface area contributed by atoms with E-state index in [1.54, 1.807) is 6.20 Å². The lowest BCUT2D eigenvalue weighted by Gasteiger charge is -2.18. The maximum atomic E-state index is 11.0. The Bertz CT molecular complexity index is 586. The Morgan fingerprint density at radius 3 is 3.18 bits per heavy atom. The van der Waals surface area contributed by atoms with E-state index in [2.05, 4.69) is 15.4 Å². The molecule has 0 spiro atoms. The number of carboxylic acid groups (broad SMARTS) is 1. The number of aromatic carboxylic acids is 1. The summed E-state index contributed by atoms with van der Waals surface area (Å²) < 4.78 is 5.06. The Morgan fingerprint density at radius 2 is 2.47 bits per heavy atom. The van der Waals surface area contributed by atoms with Crippen molar-refractivity contribution >= 4 is 5.97 Å². The molecule has 3 rings (SSSR count). The second-order valence-electron chi connectivity index (χ2n) is 3.92. The smallest absolute Gasteiger partial charge is 0.358 e. The van der Waals surface area contributed by atoms with E-state index < -0.39 is 5.97 Å². The van der Waals surface area contributed by atoms with Crippen LogP contribution in [0.3, 0.4) is 0 Å². The first-order chi connectivity index (χ1) is 8.22. The number of carbonyl (C=O) groups is 1. The molecule has 1 atom stereocenters. The van der Waals surface area contributed by atoms with Crippen molar-refractivity contribution in [3.8, 4) is 11.3 Å². The molecule has 1 aliphatic rings. The Labute approximate surface area is 95.1 Å². The largest absolute Gasteiger partial charge is 0.476 e. The van der Waals surface area contributed by atoms with Gasteiger partial charge in [0.1, 0.15) is 0 Å². The summed E-state index contributed by atoms with van der Waals surface area (Å²) in [4.78, 5) is 11.0. The Morgan fingerprint density at radius 1 is 1.65 bits per heavy atom. The molecule has 17 heavy (non-hydrogen) atoms. The van der Waals surface area contributed by atoms with Crippen LogP contribution in [0, 0.1) is 0 Å². The summed E-state index contributed by atoms with van der Waals surface area (Å²) in [6.07, 6.45) is 2.07. The van der Waals surface area contributed by atoms with E-state index in [0.29, 0.717) is 23.3 Å². The lowest BCUT2D eigenvalue weighted by molar-refractivity contribution is 0.0684. The average molecular weight is 235 g/mol. The molecule has 0 saturated heterocycles. The zero-order valence-electron chi connectivity index (χ0n) is 8.67. The van der Waals surface area contributed by atoms with E-state index in [1.165, 1.54) is 0 Å². The SMILES string of the molecule is O=C(O)c1noc2c1C(CO)Cc1[nH]ncc1-2. The maximum Gasteiger partial charge on any atom is 0.358 e. The fraction of sp³-hybridized carbons (Fsp3) is 0.300. The molecule has 1 aliphatic carbocycles. The molecule has 0 saturated carbocycles. The van der Waals surface area contributed by atoms with Crippen LogP contribution in [0.1, 0.15) is 27.7 Å². The standard InChI is InChI=1S/C10H9N3O4/c14-3-4-1-6-5(2-11-12-6)9-7(4)8(10(15)16)13-17-9/h2,4,14H,1,3H2,(H,11,12)(H,15,16). The van der Waals surface area contributed by atoms with Crippen LogP contribution in [0.2, 0.25) is 0 Å². The molecular formula is C10H9N3O4. The molecule has 2 aromatic heterocycles. The summed E-state index contributed by atoms with van der Waals surface area (Å²) >= 11 is 0. The number of H-pyrrole nitrogens is 1. The number of carboxylic acids is 1. The molecule has 0 aromatic carbocycles. The van der Waals surface area contributed by atoms with Gasteiger partial charge >= 0.3 is 5.97 Å². The maximum absolute atomic E-state index is 11.0. The molecule has 0 amide bonds. The zero-order chi connectivity index (χ0) is 12.0.